The van der Waals surface area contributed by atoms with Gasteiger partial charge in [-0.05, 0) is 60.0 Å². The molecule has 0 spiro atoms. The van der Waals surface area contributed by atoms with Crippen molar-refractivity contribution >= 4 is 0 Å². The summed E-state index contributed by atoms with van der Waals surface area (Å²) in [6, 6.07) is 0.741. The average Bonchev–Trinajstić information content (AvgIpc) is 2.37. The Hall–Kier alpha value is -0.120. The van der Waals surface area contributed by atoms with Crippen LogP contribution in [0.1, 0.15) is 53.9 Å². The van der Waals surface area contributed by atoms with Crippen molar-refractivity contribution in [2.24, 2.45) is 0 Å². The highest BCUT2D eigenvalue weighted by Crippen LogP contribution is 2.18. The largest absolute Gasteiger partial charge is 0.317 e. The van der Waals surface area contributed by atoms with Gasteiger partial charge in [0.15, 0.2) is 0 Å². The second-order valence-corrected chi connectivity index (χ2v) is 6.94. The van der Waals surface area contributed by atoms with E-state index in [0.29, 0.717) is 5.54 Å². The predicted molar refractivity (Wildman–Crippen MR) is 84.8 cm³/mol. The van der Waals surface area contributed by atoms with Crippen molar-refractivity contribution in [1.82, 2.24) is 15.1 Å². The van der Waals surface area contributed by atoms with Gasteiger partial charge in [0.2, 0.25) is 0 Å². The first-order chi connectivity index (χ1) is 8.95. The summed E-state index contributed by atoms with van der Waals surface area (Å²) in [7, 11) is 0. The number of piperazine rings is 1. The molecule has 3 heteroatoms. The van der Waals surface area contributed by atoms with Crippen molar-refractivity contribution in [3.05, 3.63) is 0 Å². The molecule has 0 saturated carbocycles. The lowest BCUT2D eigenvalue weighted by Gasteiger charge is -2.44. The zero-order valence-electron chi connectivity index (χ0n) is 13.8. The standard InChI is InChI=1S/C16H35N3/c1-6-9-17-10-7-8-15(2)18-11-13-19(14-12-18)16(3,4)5/h15,17H,6-14H2,1-5H3. The van der Waals surface area contributed by atoms with Gasteiger partial charge in [-0.15, -0.1) is 0 Å². The maximum Gasteiger partial charge on any atom is 0.0126 e. The van der Waals surface area contributed by atoms with Crippen LogP contribution < -0.4 is 5.32 Å². The van der Waals surface area contributed by atoms with Crippen LogP contribution in [0.2, 0.25) is 0 Å². The SMILES string of the molecule is CCCNCCCC(C)N1CCN(C(C)(C)C)CC1. The summed E-state index contributed by atoms with van der Waals surface area (Å²) in [4.78, 5) is 5.28. The van der Waals surface area contributed by atoms with E-state index in [4.69, 9.17) is 0 Å². The van der Waals surface area contributed by atoms with E-state index in [9.17, 15) is 0 Å². The molecule has 114 valence electrons. The average molecular weight is 269 g/mol. The maximum atomic E-state index is 3.49. The summed E-state index contributed by atoms with van der Waals surface area (Å²) in [5.41, 5.74) is 0.333. The molecule has 0 radical (unpaired) electrons. The van der Waals surface area contributed by atoms with E-state index in [1.807, 2.05) is 0 Å². The molecule has 19 heavy (non-hydrogen) atoms. The van der Waals surface area contributed by atoms with Crippen LogP contribution >= 0.6 is 0 Å². The fourth-order valence-electron chi connectivity index (χ4n) is 2.84. The molecule has 0 aromatic rings. The molecule has 1 aliphatic rings. The van der Waals surface area contributed by atoms with Crippen molar-refractivity contribution in [3.63, 3.8) is 0 Å². The zero-order chi connectivity index (χ0) is 14.3. The van der Waals surface area contributed by atoms with Crippen LogP contribution in [0.5, 0.6) is 0 Å². The zero-order valence-corrected chi connectivity index (χ0v) is 13.8. The molecule has 1 fully saturated rings. The van der Waals surface area contributed by atoms with Gasteiger partial charge in [0.1, 0.15) is 0 Å². The van der Waals surface area contributed by atoms with Crippen LogP contribution in [0.15, 0.2) is 0 Å². The van der Waals surface area contributed by atoms with E-state index in [2.05, 4.69) is 49.7 Å². The predicted octanol–water partition coefficient (Wildman–Crippen LogP) is 2.57. The number of rotatable bonds is 7. The van der Waals surface area contributed by atoms with Gasteiger partial charge in [0, 0.05) is 37.8 Å². The second kappa shape index (κ2) is 8.23. The van der Waals surface area contributed by atoms with Crippen molar-refractivity contribution < 1.29 is 0 Å². The Morgan fingerprint density at radius 2 is 1.68 bits per heavy atom. The van der Waals surface area contributed by atoms with E-state index >= 15 is 0 Å². The molecule has 1 saturated heterocycles. The Balaban J connectivity index is 2.16. The van der Waals surface area contributed by atoms with Crippen molar-refractivity contribution in [1.29, 1.82) is 0 Å². The molecule has 0 bridgehead atoms. The fourth-order valence-corrected chi connectivity index (χ4v) is 2.84. The Labute approximate surface area is 120 Å². The van der Waals surface area contributed by atoms with E-state index in [0.717, 1.165) is 6.04 Å². The first kappa shape index (κ1) is 16.9. The molecule has 1 atom stereocenters. The van der Waals surface area contributed by atoms with Gasteiger partial charge in [-0.3, -0.25) is 9.80 Å². The van der Waals surface area contributed by atoms with Crippen molar-refractivity contribution in [3.8, 4) is 0 Å². The minimum Gasteiger partial charge on any atom is -0.317 e. The van der Waals surface area contributed by atoms with Gasteiger partial charge in [-0.1, -0.05) is 6.92 Å². The number of nitrogens with one attached hydrogen (secondary N) is 1. The lowest BCUT2D eigenvalue weighted by Crippen LogP contribution is -2.55. The third-order valence-electron chi connectivity index (χ3n) is 4.29. The quantitative estimate of drug-likeness (QED) is 0.717. The van der Waals surface area contributed by atoms with Gasteiger partial charge in [0.05, 0.1) is 0 Å². The monoisotopic (exact) mass is 269 g/mol. The molecular formula is C16H35N3. The van der Waals surface area contributed by atoms with Gasteiger partial charge >= 0.3 is 0 Å². The molecule has 0 aromatic carbocycles. The van der Waals surface area contributed by atoms with Crippen molar-refractivity contribution in [2.75, 3.05) is 39.3 Å². The maximum absolute atomic E-state index is 3.49. The molecule has 0 amide bonds. The van der Waals surface area contributed by atoms with Gasteiger partial charge < -0.3 is 5.32 Å². The van der Waals surface area contributed by atoms with Crippen LogP contribution in [0.4, 0.5) is 0 Å². The van der Waals surface area contributed by atoms with Crippen LogP contribution in [0.3, 0.4) is 0 Å². The summed E-state index contributed by atoms with van der Waals surface area (Å²) in [5, 5.41) is 3.49. The minimum absolute atomic E-state index is 0.333. The Morgan fingerprint density at radius 1 is 1.05 bits per heavy atom. The molecule has 1 N–H and O–H groups in total. The molecular weight excluding hydrogens is 234 g/mol. The Bertz CT molecular complexity index is 227. The van der Waals surface area contributed by atoms with Crippen LogP contribution in [0, 0.1) is 0 Å². The summed E-state index contributed by atoms with van der Waals surface area (Å²) in [6.45, 7) is 18.9. The van der Waals surface area contributed by atoms with E-state index in [-0.39, 0.29) is 0 Å². The molecule has 1 unspecified atom stereocenters. The summed E-state index contributed by atoms with van der Waals surface area (Å²) < 4.78 is 0. The van der Waals surface area contributed by atoms with Crippen molar-refractivity contribution in [2.45, 2.75) is 65.5 Å². The van der Waals surface area contributed by atoms with Crippen LogP contribution in [0.25, 0.3) is 0 Å². The topological polar surface area (TPSA) is 18.5 Å². The van der Waals surface area contributed by atoms with E-state index in [1.165, 1.54) is 58.5 Å². The van der Waals surface area contributed by atoms with E-state index < -0.39 is 0 Å². The molecule has 1 aliphatic heterocycles. The van der Waals surface area contributed by atoms with E-state index in [1.54, 1.807) is 0 Å². The lowest BCUT2D eigenvalue weighted by molar-refractivity contribution is 0.0435. The number of hydrogen-bond donors (Lipinski definition) is 1. The minimum atomic E-state index is 0.333. The molecule has 1 heterocycles. The lowest BCUT2D eigenvalue weighted by atomic mass is 10.0. The molecule has 3 nitrogen and oxygen atoms in total. The van der Waals surface area contributed by atoms with Gasteiger partial charge in [-0.2, -0.15) is 0 Å². The molecule has 1 rings (SSSR count). The Morgan fingerprint density at radius 3 is 2.21 bits per heavy atom. The summed E-state index contributed by atoms with van der Waals surface area (Å²) >= 11 is 0. The first-order valence-corrected chi connectivity index (χ1v) is 8.15. The second-order valence-electron chi connectivity index (χ2n) is 6.94. The Kier molecular flexibility index (Phi) is 7.33. The molecule has 0 aliphatic carbocycles. The highest BCUT2D eigenvalue weighted by Gasteiger charge is 2.27. The summed E-state index contributed by atoms with van der Waals surface area (Å²) in [6.07, 6.45) is 3.87. The third-order valence-corrected chi connectivity index (χ3v) is 4.29. The first-order valence-electron chi connectivity index (χ1n) is 8.15. The normalized spacial score (nSPS) is 20.7. The third kappa shape index (κ3) is 6.24. The number of hydrogen-bond acceptors (Lipinski definition) is 3. The summed E-state index contributed by atoms with van der Waals surface area (Å²) in [5.74, 6) is 0. The highest BCUT2D eigenvalue weighted by atomic mass is 15.3. The van der Waals surface area contributed by atoms with Gasteiger partial charge in [0.25, 0.3) is 0 Å². The molecule has 0 aromatic heterocycles. The number of nitrogens with zero attached hydrogens (tertiary/aromatic N) is 2. The van der Waals surface area contributed by atoms with Gasteiger partial charge in [-0.25, -0.2) is 0 Å². The highest BCUT2D eigenvalue weighted by molar-refractivity contribution is 4.83. The smallest absolute Gasteiger partial charge is 0.0126 e. The van der Waals surface area contributed by atoms with Crippen LogP contribution in [-0.2, 0) is 0 Å². The fraction of sp³-hybridized carbons (Fsp3) is 1.00. The van der Waals surface area contributed by atoms with Crippen LogP contribution in [-0.4, -0.2) is 60.6 Å².